The van der Waals surface area contributed by atoms with Gasteiger partial charge in [0.25, 0.3) is 5.91 Å². The van der Waals surface area contributed by atoms with E-state index in [4.69, 9.17) is 5.73 Å². The van der Waals surface area contributed by atoms with Crippen LogP contribution in [0.2, 0.25) is 0 Å². The molecule has 0 aliphatic rings. The fourth-order valence-electron chi connectivity index (χ4n) is 2.89. The first kappa shape index (κ1) is 20.9. The molecule has 0 saturated heterocycles. The van der Waals surface area contributed by atoms with Crippen LogP contribution in [0.25, 0.3) is 0 Å². The number of carbonyl (C=O) groups is 1. The van der Waals surface area contributed by atoms with Crippen LogP contribution >= 0.6 is 0 Å². The van der Waals surface area contributed by atoms with E-state index in [0.29, 0.717) is 30.0 Å². The van der Waals surface area contributed by atoms with Gasteiger partial charge in [0.05, 0.1) is 4.90 Å². The third-order valence-corrected chi connectivity index (χ3v) is 6.77. The van der Waals surface area contributed by atoms with Gasteiger partial charge < -0.3 is 11.1 Å². The molecule has 3 N–H and O–H groups in total. The molecular formula is C20H27N3O3S. The third kappa shape index (κ3) is 4.31. The van der Waals surface area contributed by atoms with E-state index in [2.05, 4.69) is 5.32 Å². The predicted molar refractivity (Wildman–Crippen MR) is 110 cm³/mol. The molecule has 6 nitrogen and oxygen atoms in total. The number of amides is 1. The van der Waals surface area contributed by atoms with Crippen LogP contribution in [0.1, 0.15) is 40.9 Å². The van der Waals surface area contributed by atoms with Crippen LogP contribution in [0.15, 0.2) is 35.2 Å². The van der Waals surface area contributed by atoms with Crippen molar-refractivity contribution >= 4 is 27.3 Å². The Bertz CT molecular complexity index is 965. The first-order valence-electron chi connectivity index (χ1n) is 8.90. The maximum absolute atomic E-state index is 12.9. The molecule has 0 saturated carbocycles. The normalized spacial score (nSPS) is 11.6. The molecule has 1 amide bonds. The van der Waals surface area contributed by atoms with Gasteiger partial charge in [-0.2, -0.15) is 4.31 Å². The van der Waals surface area contributed by atoms with Crippen molar-refractivity contribution in [3.63, 3.8) is 0 Å². The van der Waals surface area contributed by atoms with Gasteiger partial charge in [-0.1, -0.05) is 19.9 Å². The number of carbonyl (C=O) groups excluding carboxylic acids is 1. The van der Waals surface area contributed by atoms with Gasteiger partial charge in [0.1, 0.15) is 0 Å². The summed E-state index contributed by atoms with van der Waals surface area (Å²) in [6.07, 6.45) is 0. The summed E-state index contributed by atoms with van der Waals surface area (Å²) in [6, 6.07) is 8.30. The highest BCUT2D eigenvalue weighted by Crippen LogP contribution is 2.27. The summed E-state index contributed by atoms with van der Waals surface area (Å²) in [5.41, 5.74) is 9.64. The summed E-state index contributed by atoms with van der Waals surface area (Å²) in [5.74, 6) is -0.320. The second kappa shape index (κ2) is 8.10. The van der Waals surface area contributed by atoms with Crippen molar-refractivity contribution in [1.82, 2.24) is 4.31 Å². The number of nitrogens with two attached hydrogens (primary N) is 1. The zero-order valence-electron chi connectivity index (χ0n) is 16.5. The van der Waals surface area contributed by atoms with Gasteiger partial charge in [0, 0.05) is 30.0 Å². The Morgan fingerprint density at radius 2 is 1.67 bits per heavy atom. The number of anilines is 2. The average Bonchev–Trinajstić information content (AvgIpc) is 2.61. The highest BCUT2D eigenvalue weighted by molar-refractivity contribution is 7.89. The molecule has 2 aromatic rings. The molecule has 146 valence electrons. The Morgan fingerprint density at radius 1 is 1.04 bits per heavy atom. The van der Waals surface area contributed by atoms with Gasteiger partial charge in [0.2, 0.25) is 10.0 Å². The van der Waals surface area contributed by atoms with Gasteiger partial charge in [-0.15, -0.1) is 0 Å². The monoisotopic (exact) mass is 389 g/mol. The summed E-state index contributed by atoms with van der Waals surface area (Å²) in [6.45, 7) is 9.88. The largest absolute Gasteiger partial charge is 0.399 e. The number of aryl methyl sites for hydroxylation is 2. The number of rotatable bonds is 6. The molecule has 0 aliphatic heterocycles. The topological polar surface area (TPSA) is 92.5 Å². The lowest BCUT2D eigenvalue weighted by Crippen LogP contribution is -2.30. The Labute approximate surface area is 161 Å². The van der Waals surface area contributed by atoms with E-state index in [0.717, 1.165) is 16.7 Å². The second-order valence-corrected chi connectivity index (χ2v) is 8.47. The third-order valence-electron chi connectivity index (χ3n) is 4.74. The summed E-state index contributed by atoms with van der Waals surface area (Å²) in [4.78, 5) is 12.9. The van der Waals surface area contributed by atoms with E-state index in [1.807, 2.05) is 20.8 Å². The number of sulfonamides is 1. The van der Waals surface area contributed by atoms with Crippen molar-refractivity contribution < 1.29 is 13.2 Å². The Kier molecular flexibility index (Phi) is 6.28. The van der Waals surface area contributed by atoms with E-state index in [1.165, 1.54) is 10.4 Å². The van der Waals surface area contributed by atoms with Crippen LogP contribution in [-0.4, -0.2) is 31.7 Å². The van der Waals surface area contributed by atoms with Crippen molar-refractivity contribution in [3.8, 4) is 0 Å². The lowest BCUT2D eigenvalue weighted by Gasteiger charge is -2.20. The summed E-state index contributed by atoms with van der Waals surface area (Å²) in [5, 5.41) is 2.85. The Morgan fingerprint density at radius 3 is 2.26 bits per heavy atom. The molecule has 0 bridgehead atoms. The second-order valence-electron chi connectivity index (χ2n) is 6.53. The molecule has 0 heterocycles. The minimum atomic E-state index is -3.62. The molecule has 0 radical (unpaired) electrons. The van der Waals surface area contributed by atoms with Crippen LogP contribution in [0.4, 0.5) is 11.4 Å². The zero-order chi connectivity index (χ0) is 20.4. The molecule has 0 aromatic heterocycles. The predicted octanol–water partition coefficient (Wildman–Crippen LogP) is 3.48. The fourth-order valence-corrected chi connectivity index (χ4v) is 4.46. The number of nitrogen functional groups attached to an aromatic ring is 1. The SMILES string of the molecule is CCN(CC)S(=O)(=O)c1cc(C)c(C)c(NC(=O)c2cc(N)ccc2C)c1. The lowest BCUT2D eigenvalue weighted by molar-refractivity contribution is 0.102. The lowest BCUT2D eigenvalue weighted by atomic mass is 10.1. The van der Waals surface area contributed by atoms with Crippen LogP contribution in [-0.2, 0) is 10.0 Å². The molecule has 7 heteroatoms. The van der Waals surface area contributed by atoms with E-state index in [9.17, 15) is 13.2 Å². The maximum Gasteiger partial charge on any atom is 0.256 e. The van der Waals surface area contributed by atoms with Gasteiger partial charge in [-0.25, -0.2) is 8.42 Å². The smallest absolute Gasteiger partial charge is 0.256 e. The van der Waals surface area contributed by atoms with Crippen LogP contribution in [0, 0.1) is 20.8 Å². The van der Waals surface area contributed by atoms with Gasteiger partial charge in [-0.05, 0) is 61.7 Å². The molecule has 0 spiro atoms. The number of hydrogen-bond donors (Lipinski definition) is 2. The van der Waals surface area contributed by atoms with Crippen molar-refractivity contribution in [2.75, 3.05) is 24.1 Å². The standard InChI is InChI=1S/C20H27N3O3S/c1-6-23(7-2)27(25,26)17-10-14(4)15(5)19(12-17)22-20(24)18-11-16(21)9-8-13(18)3/h8-12H,6-7,21H2,1-5H3,(H,22,24). The first-order valence-corrected chi connectivity index (χ1v) is 10.3. The fraction of sp³-hybridized carbons (Fsp3) is 0.350. The van der Waals surface area contributed by atoms with E-state index < -0.39 is 10.0 Å². The van der Waals surface area contributed by atoms with E-state index >= 15 is 0 Å². The minimum absolute atomic E-state index is 0.175. The van der Waals surface area contributed by atoms with Crippen LogP contribution in [0.5, 0.6) is 0 Å². The molecule has 27 heavy (non-hydrogen) atoms. The molecular weight excluding hydrogens is 362 g/mol. The van der Waals surface area contributed by atoms with Gasteiger partial charge in [-0.3, -0.25) is 4.79 Å². The van der Waals surface area contributed by atoms with Crippen LogP contribution in [0.3, 0.4) is 0 Å². The number of nitrogens with zero attached hydrogens (tertiary/aromatic N) is 1. The average molecular weight is 390 g/mol. The minimum Gasteiger partial charge on any atom is -0.399 e. The molecule has 0 aliphatic carbocycles. The van der Waals surface area contributed by atoms with Crippen LogP contribution < -0.4 is 11.1 Å². The Balaban J connectivity index is 2.47. The van der Waals surface area contributed by atoms with Crippen molar-refractivity contribution in [3.05, 3.63) is 52.6 Å². The highest BCUT2D eigenvalue weighted by atomic mass is 32.2. The summed E-state index contributed by atoms with van der Waals surface area (Å²) >= 11 is 0. The zero-order valence-corrected chi connectivity index (χ0v) is 17.3. The maximum atomic E-state index is 12.9. The number of nitrogens with one attached hydrogen (secondary N) is 1. The molecule has 2 aromatic carbocycles. The molecule has 2 rings (SSSR count). The van der Waals surface area contributed by atoms with Crippen molar-refractivity contribution in [2.24, 2.45) is 0 Å². The van der Waals surface area contributed by atoms with E-state index in [1.54, 1.807) is 38.1 Å². The summed E-state index contributed by atoms with van der Waals surface area (Å²) < 4.78 is 27.1. The van der Waals surface area contributed by atoms with Crippen molar-refractivity contribution in [2.45, 2.75) is 39.5 Å². The molecule has 0 fully saturated rings. The van der Waals surface area contributed by atoms with E-state index in [-0.39, 0.29) is 10.8 Å². The number of hydrogen-bond acceptors (Lipinski definition) is 4. The quantitative estimate of drug-likeness (QED) is 0.740. The highest BCUT2D eigenvalue weighted by Gasteiger charge is 2.23. The first-order chi connectivity index (χ1) is 12.6. The van der Waals surface area contributed by atoms with Gasteiger partial charge >= 0.3 is 0 Å². The van der Waals surface area contributed by atoms with Crippen molar-refractivity contribution in [1.29, 1.82) is 0 Å². The van der Waals surface area contributed by atoms with Gasteiger partial charge in [0.15, 0.2) is 0 Å². The molecule has 0 unspecified atom stereocenters. The Hall–Kier alpha value is -2.38. The summed E-state index contributed by atoms with van der Waals surface area (Å²) in [7, 11) is -3.62. The number of benzene rings is 2. The molecule has 0 atom stereocenters.